The molecule has 0 heteroatoms. The summed E-state index contributed by atoms with van der Waals surface area (Å²) in [6.45, 7) is 3.80. The Bertz CT molecular complexity index is 384. The van der Waals surface area contributed by atoms with Gasteiger partial charge in [-0.05, 0) is 81.0 Å². The van der Waals surface area contributed by atoms with Crippen LogP contribution in [0.5, 0.6) is 0 Å². The molecule has 0 unspecified atom stereocenters. The molecule has 28 heavy (non-hydrogen) atoms. The second-order valence-corrected chi connectivity index (χ2v) is 11.2. The summed E-state index contributed by atoms with van der Waals surface area (Å²) in [6.07, 6.45) is 35.2. The topological polar surface area (TPSA) is 0 Å². The molecule has 4 aliphatic rings. The van der Waals surface area contributed by atoms with Gasteiger partial charge in [0.25, 0.3) is 0 Å². The molecule has 0 nitrogen and oxygen atoms in total. The highest BCUT2D eigenvalue weighted by atomic mass is 14.5. The first-order valence-electron chi connectivity index (χ1n) is 13.4. The third kappa shape index (κ3) is 7.53. The number of rotatable bonds is 17. The van der Waals surface area contributed by atoms with Gasteiger partial charge in [-0.15, -0.1) is 6.58 Å². The summed E-state index contributed by atoms with van der Waals surface area (Å²) in [5, 5.41) is 0. The second kappa shape index (κ2) is 12.4. The van der Waals surface area contributed by atoms with Gasteiger partial charge >= 0.3 is 0 Å². The summed E-state index contributed by atoms with van der Waals surface area (Å²) in [5.74, 6) is 3.43. The predicted molar refractivity (Wildman–Crippen MR) is 125 cm³/mol. The Hall–Kier alpha value is -0.260. The van der Waals surface area contributed by atoms with Gasteiger partial charge in [0, 0.05) is 0 Å². The number of hydrogen-bond donors (Lipinski definition) is 0. The van der Waals surface area contributed by atoms with Gasteiger partial charge in [-0.25, -0.2) is 0 Å². The maximum Gasteiger partial charge on any atom is -0.0290 e. The van der Waals surface area contributed by atoms with Gasteiger partial charge in [0.1, 0.15) is 0 Å². The molecule has 0 aromatic heterocycles. The summed E-state index contributed by atoms with van der Waals surface area (Å²) in [7, 11) is 0. The van der Waals surface area contributed by atoms with Crippen molar-refractivity contribution in [3.63, 3.8) is 0 Å². The third-order valence-electron chi connectivity index (χ3n) is 8.53. The SMILES string of the molecule is C=CCCCCCCCCCCCCCCCCC12CC3CC(CC(C3)C1)C2. The molecule has 0 heterocycles. The van der Waals surface area contributed by atoms with Gasteiger partial charge in [0.05, 0.1) is 0 Å². The molecule has 4 bridgehead atoms. The van der Waals surface area contributed by atoms with E-state index < -0.39 is 0 Å². The van der Waals surface area contributed by atoms with Gasteiger partial charge in [-0.2, -0.15) is 0 Å². The lowest BCUT2D eigenvalue weighted by Crippen LogP contribution is -2.45. The molecular weight excluding hydrogens is 336 g/mol. The van der Waals surface area contributed by atoms with Gasteiger partial charge in [-0.3, -0.25) is 0 Å². The quantitative estimate of drug-likeness (QED) is 0.172. The number of unbranched alkanes of at least 4 members (excludes halogenated alkanes) is 14. The average molecular weight is 387 g/mol. The number of allylic oxidation sites excluding steroid dienone is 1. The van der Waals surface area contributed by atoms with Crippen LogP contribution in [0.3, 0.4) is 0 Å². The van der Waals surface area contributed by atoms with Gasteiger partial charge in [-0.1, -0.05) is 89.5 Å². The molecule has 0 atom stereocenters. The monoisotopic (exact) mass is 386 g/mol. The summed E-state index contributed by atoms with van der Waals surface area (Å²) in [4.78, 5) is 0. The third-order valence-corrected chi connectivity index (χ3v) is 8.53. The first-order chi connectivity index (χ1) is 13.8. The molecule has 0 aliphatic heterocycles. The van der Waals surface area contributed by atoms with Gasteiger partial charge in [0.15, 0.2) is 0 Å². The number of hydrogen-bond acceptors (Lipinski definition) is 0. The lowest BCUT2D eigenvalue weighted by molar-refractivity contribution is -0.0583. The van der Waals surface area contributed by atoms with Crippen LogP contribution in [0.25, 0.3) is 0 Å². The average Bonchev–Trinajstić information content (AvgIpc) is 2.66. The van der Waals surface area contributed by atoms with Crippen molar-refractivity contribution < 1.29 is 0 Å². The van der Waals surface area contributed by atoms with E-state index >= 15 is 0 Å². The summed E-state index contributed by atoms with van der Waals surface area (Å²) < 4.78 is 0. The Kier molecular flexibility index (Phi) is 9.96. The van der Waals surface area contributed by atoms with Crippen LogP contribution in [0.4, 0.5) is 0 Å². The minimum absolute atomic E-state index is 0.834. The van der Waals surface area contributed by atoms with Gasteiger partial charge < -0.3 is 0 Å². The van der Waals surface area contributed by atoms with E-state index in [0.717, 1.165) is 23.2 Å². The Morgan fingerprint density at radius 3 is 1.29 bits per heavy atom. The van der Waals surface area contributed by atoms with Crippen LogP contribution < -0.4 is 0 Å². The minimum atomic E-state index is 0.834. The molecule has 4 rings (SSSR count). The zero-order chi connectivity index (χ0) is 19.5. The van der Waals surface area contributed by atoms with Crippen molar-refractivity contribution in [1.29, 1.82) is 0 Å². The molecule has 4 fully saturated rings. The highest BCUT2D eigenvalue weighted by Crippen LogP contribution is 2.61. The first-order valence-corrected chi connectivity index (χ1v) is 13.4. The lowest BCUT2D eigenvalue weighted by Gasteiger charge is -2.57. The van der Waals surface area contributed by atoms with E-state index in [-0.39, 0.29) is 0 Å². The van der Waals surface area contributed by atoms with Crippen LogP contribution in [0.2, 0.25) is 0 Å². The standard InChI is InChI=1S/C28H50/c1-2-3-4-5-6-7-8-9-10-11-12-13-14-15-16-17-18-28-22-25-19-26(23-28)21-27(20-25)24-28/h2,25-27H,1,3-24H2. The van der Waals surface area contributed by atoms with Gasteiger partial charge in [0.2, 0.25) is 0 Å². The van der Waals surface area contributed by atoms with Crippen LogP contribution in [-0.4, -0.2) is 0 Å². The molecule has 0 amide bonds. The van der Waals surface area contributed by atoms with E-state index in [1.807, 2.05) is 0 Å². The van der Waals surface area contributed by atoms with E-state index in [4.69, 9.17) is 0 Å². The van der Waals surface area contributed by atoms with Crippen molar-refractivity contribution in [3.8, 4) is 0 Å². The Morgan fingerprint density at radius 1 is 0.536 bits per heavy atom. The fraction of sp³-hybridized carbons (Fsp3) is 0.929. The van der Waals surface area contributed by atoms with Crippen LogP contribution in [0.1, 0.15) is 141 Å². The molecule has 0 spiro atoms. The summed E-state index contributed by atoms with van der Waals surface area (Å²) in [6, 6.07) is 0. The largest absolute Gasteiger partial charge is 0.103 e. The smallest absolute Gasteiger partial charge is 0.0290 e. The Balaban J connectivity index is 1.07. The molecule has 4 saturated carbocycles. The molecule has 0 aromatic carbocycles. The van der Waals surface area contributed by atoms with Crippen molar-refractivity contribution in [2.75, 3.05) is 0 Å². The maximum atomic E-state index is 3.80. The maximum absolute atomic E-state index is 3.80. The molecule has 0 saturated heterocycles. The molecular formula is C28H50. The van der Waals surface area contributed by atoms with Crippen LogP contribution >= 0.6 is 0 Å². The predicted octanol–water partition coefficient (Wildman–Crippen LogP) is 9.63. The zero-order valence-electron chi connectivity index (χ0n) is 19.1. The lowest BCUT2D eigenvalue weighted by atomic mass is 9.48. The van der Waals surface area contributed by atoms with Crippen molar-refractivity contribution in [1.82, 2.24) is 0 Å². The molecule has 0 N–H and O–H groups in total. The molecule has 162 valence electrons. The highest BCUT2D eigenvalue weighted by Gasteiger charge is 2.50. The molecule has 0 radical (unpaired) electrons. The first kappa shape index (κ1) is 22.4. The summed E-state index contributed by atoms with van der Waals surface area (Å²) in [5.41, 5.74) is 0.834. The van der Waals surface area contributed by atoms with E-state index in [1.165, 1.54) is 89.9 Å². The van der Waals surface area contributed by atoms with Crippen molar-refractivity contribution in [2.24, 2.45) is 23.2 Å². The van der Waals surface area contributed by atoms with E-state index in [1.54, 1.807) is 51.4 Å². The fourth-order valence-electron chi connectivity index (χ4n) is 7.51. The highest BCUT2D eigenvalue weighted by molar-refractivity contribution is 5.01. The van der Waals surface area contributed by atoms with Crippen molar-refractivity contribution in [3.05, 3.63) is 12.7 Å². The van der Waals surface area contributed by atoms with Crippen LogP contribution in [0.15, 0.2) is 12.7 Å². The Morgan fingerprint density at radius 2 is 0.893 bits per heavy atom. The molecule has 0 aromatic rings. The fourth-order valence-corrected chi connectivity index (χ4v) is 7.51. The zero-order valence-corrected chi connectivity index (χ0v) is 19.1. The van der Waals surface area contributed by atoms with E-state index in [2.05, 4.69) is 12.7 Å². The Labute approximate surface area is 177 Å². The van der Waals surface area contributed by atoms with E-state index in [0.29, 0.717) is 0 Å². The second-order valence-electron chi connectivity index (χ2n) is 11.2. The van der Waals surface area contributed by atoms with Crippen molar-refractivity contribution in [2.45, 2.75) is 141 Å². The van der Waals surface area contributed by atoms with Crippen molar-refractivity contribution >= 4 is 0 Å². The minimum Gasteiger partial charge on any atom is -0.103 e. The normalized spacial score (nSPS) is 30.8. The summed E-state index contributed by atoms with van der Waals surface area (Å²) >= 11 is 0. The molecule has 4 aliphatic carbocycles. The van der Waals surface area contributed by atoms with E-state index in [9.17, 15) is 0 Å². The van der Waals surface area contributed by atoms with Crippen LogP contribution in [-0.2, 0) is 0 Å². The van der Waals surface area contributed by atoms with Crippen LogP contribution in [0, 0.1) is 23.2 Å².